The number of carboxylic acids is 1. The van der Waals surface area contributed by atoms with E-state index in [-0.39, 0.29) is 17.2 Å². The van der Waals surface area contributed by atoms with Crippen molar-refractivity contribution in [2.24, 2.45) is 11.3 Å². The second kappa shape index (κ2) is 5.25. The van der Waals surface area contributed by atoms with E-state index in [0.29, 0.717) is 19.5 Å². The summed E-state index contributed by atoms with van der Waals surface area (Å²) in [4.78, 5) is 25.5. The highest BCUT2D eigenvalue weighted by Gasteiger charge is 2.59. The van der Waals surface area contributed by atoms with E-state index in [4.69, 9.17) is 9.84 Å². The van der Waals surface area contributed by atoms with Crippen molar-refractivity contribution < 1.29 is 19.4 Å². The van der Waals surface area contributed by atoms with Crippen LogP contribution < -0.4 is 4.74 Å². The second-order valence-corrected chi connectivity index (χ2v) is 7.06. The average molecular weight is 315 g/mol. The summed E-state index contributed by atoms with van der Waals surface area (Å²) in [6, 6.07) is 6.00. The largest absolute Gasteiger partial charge is 0.493 e. The predicted molar refractivity (Wildman–Crippen MR) is 83.3 cm³/mol. The number of nitrogens with zero attached hydrogens (tertiary/aromatic N) is 1. The van der Waals surface area contributed by atoms with E-state index >= 15 is 0 Å². The van der Waals surface area contributed by atoms with Crippen molar-refractivity contribution in [3.63, 3.8) is 0 Å². The van der Waals surface area contributed by atoms with Crippen LogP contribution in [0.25, 0.3) is 0 Å². The molecule has 1 spiro atoms. The molecule has 1 aromatic rings. The van der Waals surface area contributed by atoms with Gasteiger partial charge in [-0.15, -0.1) is 0 Å². The molecular weight excluding hydrogens is 294 g/mol. The molecule has 3 aliphatic rings. The molecule has 1 N–H and O–H groups in total. The molecule has 1 aromatic carbocycles. The van der Waals surface area contributed by atoms with Gasteiger partial charge in [-0.1, -0.05) is 12.1 Å². The van der Waals surface area contributed by atoms with Gasteiger partial charge in [-0.2, -0.15) is 0 Å². The van der Waals surface area contributed by atoms with Crippen LogP contribution in [-0.2, 0) is 22.4 Å². The summed E-state index contributed by atoms with van der Waals surface area (Å²) < 4.78 is 5.49. The molecule has 1 aliphatic carbocycles. The van der Waals surface area contributed by atoms with E-state index in [1.807, 2.05) is 17.0 Å². The number of amides is 1. The molecule has 122 valence electrons. The quantitative estimate of drug-likeness (QED) is 0.925. The molecule has 0 bridgehead atoms. The Bertz CT molecular complexity index is 661. The molecule has 0 aromatic heterocycles. The van der Waals surface area contributed by atoms with Crippen LogP contribution in [0.5, 0.6) is 5.75 Å². The van der Waals surface area contributed by atoms with Gasteiger partial charge in [0.15, 0.2) is 0 Å². The Labute approximate surface area is 135 Å². The van der Waals surface area contributed by atoms with Gasteiger partial charge < -0.3 is 14.7 Å². The summed E-state index contributed by atoms with van der Waals surface area (Å²) in [5.74, 6) is 0.224. The van der Waals surface area contributed by atoms with E-state index in [1.54, 1.807) is 0 Å². The normalized spacial score (nSPS) is 24.2. The fourth-order valence-corrected chi connectivity index (χ4v) is 4.09. The average Bonchev–Trinajstić information content (AvgIpc) is 3.04. The number of rotatable bonds is 3. The first kappa shape index (κ1) is 14.5. The first-order chi connectivity index (χ1) is 11.1. The number of aliphatic carboxylic acids is 1. The van der Waals surface area contributed by atoms with Crippen molar-refractivity contribution in [2.75, 3.05) is 19.7 Å². The number of benzene rings is 1. The van der Waals surface area contributed by atoms with Crippen molar-refractivity contribution in [3.8, 4) is 5.75 Å². The van der Waals surface area contributed by atoms with Crippen molar-refractivity contribution in [3.05, 3.63) is 29.3 Å². The summed E-state index contributed by atoms with van der Waals surface area (Å²) in [6.45, 7) is 2.11. The molecule has 1 amide bonds. The van der Waals surface area contributed by atoms with Crippen LogP contribution in [0.15, 0.2) is 18.2 Å². The third kappa shape index (κ3) is 2.58. The zero-order chi connectivity index (χ0) is 16.0. The number of ether oxygens (including phenoxy) is 1. The summed E-state index contributed by atoms with van der Waals surface area (Å²) in [7, 11) is 0. The first-order valence-electron chi connectivity index (χ1n) is 8.33. The summed E-state index contributed by atoms with van der Waals surface area (Å²) >= 11 is 0. The Kier molecular flexibility index (Phi) is 3.32. The monoisotopic (exact) mass is 315 g/mol. The topological polar surface area (TPSA) is 66.8 Å². The van der Waals surface area contributed by atoms with Crippen molar-refractivity contribution in [1.82, 2.24) is 4.90 Å². The standard InChI is InChI=1S/C18H21NO4/c20-16(10-12-1-2-15-13(9-12)3-8-23-15)19-6-4-18(5-7-19)11-14(18)17(21)22/h1-2,9,14H,3-8,10-11H2,(H,21,22). The summed E-state index contributed by atoms with van der Waals surface area (Å²) in [5, 5.41) is 9.13. The van der Waals surface area contributed by atoms with E-state index in [0.717, 1.165) is 43.6 Å². The van der Waals surface area contributed by atoms with E-state index in [2.05, 4.69) is 6.07 Å². The lowest BCUT2D eigenvalue weighted by atomic mass is 9.90. The van der Waals surface area contributed by atoms with Crippen molar-refractivity contribution in [2.45, 2.75) is 32.1 Å². The first-order valence-corrected chi connectivity index (χ1v) is 8.33. The number of carboxylic acid groups (broad SMARTS) is 1. The fraction of sp³-hybridized carbons (Fsp3) is 0.556. The van der Waals surface area contributed by atoms with Crippen LogP contribution in [0.2, 0.25) is 0 Å². The second-order valence-electron chi connectivity index (χ2n) is 7.06. The van der Waals surface area contributed by atoms with Crippen LogP contribution in [0, 0.1) is 11.3 Å². The van der Waals surface area contributed by atoms with Gasteiger partial charge in [-0.05, 0) is 41.9 Å². The van der Waals surface area contributed by atoms with E-state index < -0.39 is 5.97 Å². The molecule has 2 fully saturated rings. The molecule has 5 nitrogen and oxygen atoms in total. The lowest BCUT2D eigenvalue weighted by molar-refractivity contribution is -0.139. The molecule has 1 unspecified atom stereocenters. The third-order valence-corrected chi connectivity index (χ3v) is 5.71. The third-order valence-electron chi connectivity index (χ3n) is 5.71. The van der Waals surface area contributed by atoms with Gasteiger partial charge in [0, 0.05) is 19.5 Å². The van der Waals surface area contributed by atoms with Gasteiger partial charge in [-0.3, -0.25) is 9.59 Å². The number of piperidine rings is 1. The van der Waals surface area contributed by atoms with Gasteiger partial charge in [0.1, 0.15) is 5.75 Å². The maximum atomic E-state index is 12.5. The van der Waals surface area contributed by atoms with Crippen LogP contribution in [-0.4, -0.2) is 41.6 Å². The minimum absolute atomic E-state index is 0.0203. The Morgan fingerprint density at radius 2 is 2.09 bits per heavy atom. The molecule has 1 saturated heterocycles. The van der Waals surface area contributed by atoms with Gasteiger partial charge in [0.25, 0.3) is 0 Å². The maximum absolute atomic E-state index is 12.5. The molecular formula is C18H21NO4. The minimum Gasteiger partial charge on any atom is -0.493 e. The SMILES string of the molecule is O=C(O)C1CC12CCN(C(=O)Cc1ccc3c(c1)CCO3)CC2. The summed E-state index contributed by atoms with van der Waals surface area (Å²) in [5.41, 5.74) is 2.21. The number of likely N-dealkylation sites (tertiary alicyclic amines) is 1. The molecule has 5 heteroatoms. The molecule has 1 saturated carbocycles. The Hall–Kier alpha value is -2.04. The lowest BCUT2D eigenvalue weighted by Gasteiger charge is -2.32. The van der Waals surface area contributed by atoms with Gasteiger partial charge in [0.2, 0.25) is 5.91 Å². The number of carbonyl (C=O) groups excluding carboxylic acids is 1. The van der Waals surface area contributed by atoms with Crippen molar-refractivity contribution >= 4 is 11.9 Å². The highest BCUT2D eigenvalue weighted by Crippen LogP contribution is 2.59. The van der Waals surface area contributed by atoms with Gasteiger partial charge in [0.05, 0.1) is 18.9 Å². The number of carbonyl (C=O) groups is 2. The van der Waals surface area contributed by atoms with Crippen LogP contribution in [0.1, 0.15) is 30.4 Å². The van der Waals surface area contributed by atoms with Gasteiger partial charge in [-0.25, -0.2) is 0 Å². The minimum atomic E-state index is -0.676. The Morgan fingerprint density at radius 1 is 1.30 bits per heavy atom. The van der Waals surface area contributed by atoms with Crippen LogP contribution >= 0.6 is 0 Å². The lowest BCUT2D eigenvalue weighted by Crippen LogP contribution is -2.40. The molecule has 0 radical (unpaired) electrons. The molecule has 2 aliphatic heterocycles. The van der Waals surface area contributed by atoms with Crippen LogP contribution in [0.4, 0.5) is 0 Å². The maximum Gasteiger partial charge on any atom is 0.307 e. The van der Waals surface area contributed by atoms with E-state index in [1.165, 1.54) is 5.56 Å². The smallest absolute Gasteiger partial charge is 0.307 e. The molecule has 4 rings (SSSR count). The fourth-order valence-electron chi connectivity index (χ4n) is 4.09. The molecule has 23 heavy (non-hydrogen) atoms. The number of hydrogen-bond donors (Lipinski definition) is 1. The Morgan fingerprint density at radius 3 is 2.78 bits per heavy atom. The number of fused-ring (bicyclic) bond motifs is 1. The molecule has 1 atom stereocenters. The van der Waals surface area contributed by atoms with E-state index in [9.17, 15) is 9.59 Å². The Balaban J connectivity index is 1.35. The summed E-state index contributed by atoms with van der Waals surface area (Å²) in [6.07, 6.45) is 3.78. The van der Waals surface area contributed by atoms with Crippen LogP contribution in [0.3, 0.4) is 0 Å². The van der Waals surface area contributed by atoms with Crippen molar-refractivity contribution in [1.29, 1.82) is 0 Å². The molecule has 2 heterocycles. The predicted octanol–water partition coefficient (Wildman–Crippen LogP) is 1.88. The zero-order valence-corrected chi connectivity index (χ0v) is 13.1. The number of hydrogen-bond acceptors (Lipinski definition) is 3. The highest BCUT2D eigenvalue weighted by atomic mass is 16.5. The van der Waals surface area contributed by atoms with Gasteiger partial charge >= 0.3 is 5.97 Å². The zero-order valence-electron chi connectivity index (χ0n) is 13.1. The highest BCUT2D eigenvalue weighted by molar-refractivity contribution is 5.79.